The minimum atomic E-state index is -0.585. The number of carbonyl (C=O) groups excluding carboxylic acids is 2. The van der Waals surface area contributed by atoms with E-state index in [1.165, 1.54) is 23.6 Å². The summed E-state index contributed by atoms with van der Waals surface area (Å²) in [5, 5.41) is 16.5. The molecule has 1 aliphatic rings. The second-order valence-electron chi connectivity index (χ2n) is 14.7. The molecule has 1 aromatic carbocycles. The molecule has 0 aliphatic carbocycles. The Morgan fingerprint density at radius 1 is 1.15 bits per heavy atom. The minimum absolute atomic E-state index is 0.106. The topological polar surface area (TPSA) is 116 Å². The van der Waals surface area contributed by atoms with Gasteiger partial charge in [-0.05, 0) is 72.1 Å². The third-order valence-corrected chi connectivity index (χ3v) is 9.88. The molecule has 5 rings (SSSR count). The molecule has 1 aliphatic heterocycles. The van der Waals surface area contributed by atoms with Gasteiger partial charge in [-0.15, -0.1) is 11.3 Å². The Morgan fingerprint density at radius 2 is 1.92 bits per heavy atom. The molecule has 0 radical (unpaired) electrons. The Labute approximate surface area is 285 Å². The highest BCUT2D eigenvalue weighted by molar-refractivity contribution is 7.17. The van der Waals surface area contributed by atoms with E-state index in [9.17, 15) is 19.2 Å². The number of benzene rings is 1. The molecule has 9 nitrogen and oxygen atoms in total. The summed E-state index contributed by atoms with van der Waals surface area (Å²) in [7, 11) is 0. The molecule has 3 aromatic heterocycles. The zero-order valence-electron chi connectivity index (χ0n) is 28.7. The Kier molecular flexibility index (Phi) is 10.2. The van der Waals surface area contributed by atoms with Crippen LogP contribution in [-0.2, 0) is 17.9 Å². The number of thiophene rings is 1. The van der Waals surface area contributed by atoms with Gasteiger partial charge in [0.25, 0.3) is 11.8 Å². The average Bonchev–Trinajstić information content (AvgIpc) is 3.77. The predicted molar refractivity (Wildman–Crippen MR) is 189 cm³/mol. The van der Waals surface area contributed by atoms with Gasteiger partial charge in [0, 0.05) is 42.8 Å². The van der Waals surface area contributed by atoms with E-state index >= 15 is 0 Å². The number of likely N-dealkylation sites (tertiary alicyclic amines) is 1. The molecule has 252 valence electrons. The summed E-state index contributed by atoms with van der Waals surface area (Å²) in [5.74, 6) is -0.821. The first-order valence-corrected chi connectivity index (χ1v) is 17.1. The van der Waals surface area contributed by atoms with Crippen LogP contribution in [0.5, 0.6) is 0 Å². The number of rotatable bonds is 9. The lowest BCUT2D eigenvalue weighted by atomic mass is 9.88. The van der Waals surface area contributed by atoms with Gasteiger partial charge in [-0.2, -0.15) is 9.65 Å². The first-order chi connectivity index (χ1) is 22.6. The predicted octanol–water partition coefficient (Wildman–Crippen LogP) is 7.56. The van der Waals surface area contributed by atoms with E-state index in [-0.39, 0.29) is 40.3 Å². The summed E-state index contributed by atoms with van der Waals surface area (Å²) in [6.45, 7) is 16.3. The first kappa shape index (κ1) is 34.9. The highest BCUT2D eigenvalue weighted by Crippen LogP contribution is 2.31. The van der Waals surface area contributed by atoms with Crippen molar-refractivity contribution >= 4 is 40.1 Å². The number of pyridine rings is 1. The quantitative estimate of drug-likeness (QED) is 0.108. The molecule has 0 spiro atoms. The first-order valence-electron chi connectivity index (χ1n) is 16.3. The molecule has 1 fully saturated rings. The fourth-order valence-electron chi connectivity index (χ4n) is 5.71. The maximum absolute atomic E-state index is 13.8. The van der Waals surface area contributed by atoms with Crippen molar-refractivity contribution in [2.45, 2.75) is 86.5 Å². The zero-order chi connectivity index (χ0) is 34.8. The summed E-state index contributed by atoms with van der Waals surface area (Å²) >= 11 is 1.25. The number of carbonyl (C=O) groups is 2. The standard InChI is InChI=1S/C37H44FN7O2S/c1-23(37(5,6)7)41-21-24-10-11-29-28(17-24)42-35(43-33(46)31-13-12-30(48-31)25-14-15-40-32(38)18-25)45(29)22-27-9-8-16-44(27)34(47)26(20-39)19-36(2,3)4/h10-15,17-19,23,27,41H,8-9,16,21-22H2,1-7H3,(H,42,43,46)/b26-19+/t23-,27+/m0/s1. The summed E-state index contributed by atoms with van der Waals surface area (Å²) in [6, 6.07) is 14.9. The summed E-state index contributed by atoms with van der Waals surface area (Å²) < 4.78 is 15.7. The van der Waals surface area contributed by atoms with Crippen LogP contribution in [0, 0.1) is 28.1 Å². The van der Waals surface area contributed by atoms with Gasteiger partial charge in [0.05, 0.1) is 22.0 Å². The molecular formula is C37H44FN7O2S. The van der Waals surface area contributed by atoms with Crippen LogP contribution in [0.2, 0.25) is 0 Å². The second-order valence-corrected chi connectivity index (χ2v) is 15.7. The molecule has 4 heterocycles. The normalized spacial score (nSPS) is 16.3. The monoisotopic (exact) mass is 669 g/mol. The zero-order valence-corrected chi connectivity index (χ0v) is 29.5. The van der Waals surface area contributed by atoms with Crippen molar-refractivity contribution in [3.63, 3.8) is 0 Å². The number of hydrogen-bond acceptors (Lipinski definition) is 7. The summed E-state index contributed by atoms with van der Waals surface area (Å²) in [5.41, 5.74) is 3.20. The van der Waals surface area contributed by atoms with Gasteiger partial charge in [-0.25, -0.2) is 9.97 Å². The molecule has 2 atom stereocenters. The van der Waals surface area contributed by atoms with Crippen LogP contribution < -0.4 is 10.6 Å². The lowest BCUT2D eigenvalue weighted by Gasteiger charge is -2.28. The van der Waals surface area contributed by atoms with E-state index in [0.717, 1.165) is 34.3 Å². The van der Waals surface area contributed by atoms with E-state index < -0.39 is 5.95 Å². The van der Waals surface area contributed by atoms with Crippen molar-refractivity contribution in [2.75, 3.05) is 11.9 Å². The number of nitrogens with zero attached hydrogens (tertiary/aromatic N) is 5. The molecule has 11 heteroatoms. The minimum Gasteiger partial charge on any atom is -0.333 e. The largest absolute Gasteiger partial charge is 0.333 e. The maximum Gasteiger partial charge on any atom is 0.268 e. The molecular weight excluding hydrogens is 626 g/mol. The van der Waals surface area contributed by atoms with Crippen molar-refractivity contribution in [2.24, 2.45) is 10.8 Å². The lowest BCUT2D eigenvalue weighted by Crippen LogP contribution is -2.39. The summed E-state index contributed by atoms with van der Waals surface area (Å²) in [4.78, 5) is 38.7. The molecule has 0 unspecified atom stereocenters. The van der Waals surface area contributed by atoms with Crippen molar-refractivity contribution < 1.29 is 14.0 Å². The van der Waals surface area contributed by atoms with Gasteiger partial charge in [0.1, 0.15) is 11.6 Å². The average molecular weight is 670 g/mol. The molecule has 0 saturated carbocycles. The number of hydrogen-bond donors (Lipinski definition) is 2. The number of halogens is 1. The number of aromatic nitrogens is 3. The van der Waals surface area contributed by atoms with Gasteiger partial charge in [0.15, 0.2) is 0 Å². The Morgan fingerprint density at radius 3 is 2.60 bits per heavy atom. The number of imidazole rings is 1. The second kappa shape index (κ2) is 14.0. The van der Waals surface area contributed by atoms with Crippen LogP contribution >= 0.6 is 11.3 Å². The van der Waals surface area contributed by atoms with Gasteiger partial charge in [-0.1, -0.05) is 53.7 Å². The Bertz CT molecular complexity index is 1890. The van der Waals surface area contributed by atoms with E-state index in [2.05, 4.69) is 55.4 Å². The van der Waals surface area contributed by atoms with Crippen LogP contribution in [0.3, 0.4) is 0 Å². The number of fused-ring (bicyclic) bond motifs is 1. The number of nitrogens with one attached hydrogen (secondary N) is 2. The summed E-state index contributed by atoms with van der Waals surface area (Å²) in [6.07, 6.45) is 4.70. The highest BCUT2D eigenvalue weighted by Gasteiger charge is 2.33. The van der Waals surface area contributed by atoms with Crippen LogP contribution in [0.25, 0.3) is 21.5 Å². The van der Waals surface area contributed by atoms with Gasteiger partial charge in [0.2, 0.25) is 11.9 Å². The van der Waals surface area contributed by atoms with Crippen LogP contribution in [0.1, 0.15) is 76.5 Å². The smallest absolute Gasteiger partial charge is 0.268 e. The maximum atomic E-state index is 13.8. The van der Waals surface area contributed by atoms with Crippen molar-refractivity contribution in [3.8, 4) is 16.5 Å². The molecule has 1 saturated heterocycles. The number of anilines is 1. The fourth-order valence-corrected chi connectivity index (χ4v) is 6.61. The van der Waals surface area contributed by atoms with Gasteiger partial charge >= 0.3 is 0 Å². The van der Waals surface area contributed by atoms with Crippen molar-refractivity contribution in [1.29, 1.82) is 5.26 Å². The van der Waals surface area contributed by atoms with Crippen molar-refractivity contribution in [1.82, 2.24) is 24.8 Å². The molecule has 48 heavy (non-hydrogen) atoms. The Hall–Kier alpha value is -4.40. The van der Waals surface area contributed by atoms with Crippen LogP contribution in [0.15, 0.2) is 60.3 Å². The van der Waals surface area contributed by atoms with Gasteiger partial charge < -0.3 is 14.8 Å². The number of amides is 2. The van der Waals surface area contributed by atoms with E-state index in [0.29, 0.717) is 36.0 Å². The van der Waals surface area contributed by atoms with Crippen LogP contribution in [0.4, 0.5) is 10.3 Å². The number of nitriles is 1. The van der Waals surface area contributed by atoms with Gasteiger partial charge in [-0.3, -0.25) is 14.9 Å². The van der Waals surface area contributed by atoms with E-state index in [1.54, 1.807) is 29.2 Å². The molecule has 2 amide bonds. The van der Waals surface area contributed by atoms with E-state index in [1.807, 2.05) is 37.5 Å². The van der Waals surface area contributed by atoms with E-state index in [4.69, 9.17) is 4.98 Å². The fraction of sp³-hybridized carbons (Fsp3) is 0.432. The molecule has 4 aromatic rings. The lowest BCUT2D eigenvalue weighted by molar-refractivity contribution is -0.127. The van der Waals surface area contributed by atoms with Crippen molar-refractivity contribution in [3.05, 3.63) is 76.7 Å². The number of allylic oxidation sites excluding steroid dienone is 1. The molecule has 0 bridgehead atoms. The third kappa shape index (κ3) is 8.17. The SMILES string of the molecule is C[C@H](NCc1ccc2c(c1)nc(NC(=O)c1ccc(-c3ccnc(F)c3)s1)n2C[C@H]1CCCN1C(=O)/C(C#N)=C/C(C)(C)C)C(C)(C)C. The molecule has 2 N–H and O–H groups in total. The highest BCUT2D eigenvalue weighted by atomic mass is 32.1. The Balaban J connectivity index is 1.46. The third-order valence-electron chi connectivity index (χ3n) is 8.75. The van der Waals surface area contributed by atoms with Crippen LogP contribution in [-0.4, -0.2) is 49.9 Å².